The number of unbranched alkanes of at least 4 members (excludes halogenated alkanes) is 2. The van der Waals surface area contributed by atoms with Crippen LogP contribution in [0.4, 0.5) is 5.13 Å². The molecule has 6 heteroatoms. The molecule has 0 saturated heterocycles. The molecule has 0 saturated carbocycles. The number of hydrogen-bond acceptors (Lipinski definition) is 5. The van der Waals surface area contributed by atoms with E-state index >= 15 is 0 Å². The van der Waals surface area contributed by atoms with Crippen LogP contribution in [0.5, 0.6) is 0 Å². The first kappa shape index (κ1) is 12.1. The van der Waals surface area contributed by atoms with Gasteiger partial charge in [0.2, 0.25) is 11.0 Å². The van der Waals surface area contributed by atoms with Crippen molar-refractivity contribution < 1.29 is 4.79 Å². The van der Waals surface area contributed by atoms with Crippen LogP contribution in [-0.4, -0.2) is 22.6 Å². The number of nitrogens with one attached hydrogen (secondary N) is 1. The van der Waals surface area contributed by atoms with Crippen molar-refractivity contribution in [2.75, 3.05) is 11.9 Å². The van der Waals surface area contributed by atoms with Crippen molar-refractivity contribution in [3.63, 3.8) is 0 Å². The molecule has 0 radical (unpaired) electrons. The maximum absolute atomic E-state index is 11.0. The van der Waals surface area contributed by atoms with Gasteiger partial charge in [-0.2, -0.15) is 0 Å². The van der Waals surface area contributed by atoms with E-state index in [0.29, 0.717) is 5.13 Å². The quantitative estimate of drug-likeness (QED) is 0.716. The van der Waals surface area contributed by atoms with Crippen molar-refractivity contribution >= 4 is 22.4 Å². The third-order valence-corrected chi connectivity index (χ3v) is 2.79. The molecule has 3 N–H and O–H groups in total. The molecule has 84 valence electrons. The van der Waals surface area contributed by atoms with Crippen LogP contribution in [0.2, 0.25) is 0 Å². The maximum atomic E-state index is 11.0. The maximum Gasteiger partial charge on any atom is 0.239 e. The van der Waals surface area contributed by atoms with Gasteiger partial charge in [-0.25, -0.2) is 0 Å². The van der Waals surface area contributed by atoms with Crippen LogP contribution in [0.25, 0.3) is 0 Å². The summed E-state index contributed by atoms with van der Waals surface area (Å²) in [5.41, 5.74) is 5.17. The first-order chi connectivity index (χ1) is 7.26. The highest BCUT2D eigenvalue weighted by Gasteiger charge is 2.06. The lowest BCUT2D eigenvalue weighted by Crippen LogP contribution is -2.21. The van der Waals surface area contributed by atoms with Crippen molar-refractivity contribution in [3.8, 4) is 0 Å². The van der Waals surface area contributed by atoms with Crippen molar-refractivity contribution in [1.29, 1.82) is 0 Å². The lowest BCUT2D eigenvalue weighted by atomic mass is 10.2. The van der Waals surface area contributed by atoms with Crippen LogP contribution in [0.15, 0.2) is 0 Å². The van der Waals surface area contributed by atoms with Crippen molar-refractivity contribution in [1.82, 2.24) is 10.2 Å². The summed E-state index contributed by atoms with van der Waals surface area (Å²) in [7, 11) is 0. The van der Waals surface area contributed by atoms with E-state index in [9.17, 15) is 4.79 Å². The number of carbonyl (C=O) groups excluding carboxylic acids is 1. The summed E-state index contributed by atoms with van der Waals surface area (Å²) in [6.45, 7) is 2.14. The summed E-state index contributed by atoms with van der Waals surface area (Å²) in [4.78, 5) is 11.0. The fraction of sp³-hybridized carbons (Fsp3) is 0.667. The highest BCUT2D eigenvalue weighted by atomic mass is 32.1. The second-order valence-corrected chi connectivity index (χ2v) is 4.27. The molecule has 5 nitrogen and oxygen atoms in total. The third kappa shape index (κ3) is 4.35. The summed E-state index contributed by atoms with van der Waals surface area (Å²) < 4.78 is 0. The molecule has 1 rings (SSSR count). The molecule has 15 heavy (non-hydrogen) atoms. The van der Waals surface area contributed by atoms with Gasteiger partial charge in [0.1, 0.15) is 5.01 Å². The summed E-state index contributed by atoms with van der Waals surface area (Å²) >= 11 is 1.42. The zero-order valence-electron chi connectivity index (χ0n) is 8.82. The molecular formula is C9H16N4OS. The Balaban J connectivity index is 2.38. The number of aryl methyl sites for hydroxylation is 1. The van der Waals surface area contributed by atoms with E-state index in [0.717, 1.165) is 17.8 Å². The Morgan fingerprint density at radius 1 is 1.47 bits per heavy atom. The molecule has 0 spiro atoms. The van der Waals surface area contributed by atoms with Gasteiger partial charge in [0.25, 0.3) is 0 Å². The van der Waals surface area contributed by atoms with E-state index in [1.807, 2.05) is 0 Å². The number of carbonyl (C=O) groups is 1. The molecule has 0 aliphatic rings. The van der Waals surface area contributed by atoms with Gasteiger partial charge < -0.3 is 5.73 Å². The molecule has 1 heterocycles. The Morgan fingerprint density at radius 3 is 2.93 bits per heavy atom. The molecule has 1 aromatic rings. The largest absolute Gasteiger partial charge is 0.322 e. The number of amides is 1. The smallest absolute Gasteiger partial charge is 0.239 e. The highest BCUT2D eigenvalue weighted by molar-refractivity contribution is 7.15. The van der Waals surface area contributed by atoms with E-state index < -0.39 is 0 Å². The first-order valence-corrected chi connectivity index (χ1v) is 5.90. The lowest BCUT2D eigenvalue weighted by Gasteiger charge is -1.95. The van der Waals surface area contributed by atoms with Gasteiger partial charge in [-0.3, -0.25) is 10.1 Å². The van der Waals surface area contributed by atoms with Crippen molar-refractivity contribution in [2.45, 2.75) is 32.6 Å². The number of rotatable bonds is 6. The molecule has 0 aliphatic carbocycles. The molecule has 0 aliphatic heterocycles. The van der Waals surface area contributed by atoms with Crippen LogP contribution in [0.1, 0.15) is 31.2 Å². The normalized spacial score (nSPS) is 10.3. The van der Waals surface area contributed by atoms with Gasteiger partial charge >= 0.3 is 0 Å². The molecule has 0 atom stereocenters. The molecule has 1 aromatic heterocycles. The monoisotopic (exact) mass is 228 g/mol. The van der Waals surface area contributed by atoms with Crippen LogP contribution >= 0.6 is 11.3 Å². The Kier molecular flexibility index (Phi) is 5.20. The van der Waals surface area contributed by atoms with Crippen LogP contribution < -0.4 is 11.1 Å². The standard InChI is InChI=1S/C9H16N4OS/c1-2-3-4-5-8-12-13-9(15-8)11-7(14)6-10/h2-6,10H2,1H3,(H,11,13,14). The molecule has 0 bridgehead atoms. The predicted octanol–water partition coefficient (Wildman–Crippen LogP) is 1.17. The first-order valence-electron chi connectivity index (χ1n) is 5.08. The Bertz CT molecular complexity index is 313. The van der Waals surface area contributed by atoms with Gasteiger partial charge in [0.15, 0.2) is 0 Å². The highest BCUT2D eigenvalue weighted by Crippen LogP contribution is 2.17. The Hall–Kier alpha value is -1.01. The van der Waals surface area contributed by atoms with E-state index in [1.165, 1.54) is 24.2 Å². The third-order valence-electron chi connectivity index (χ3n) is 1.89. The molecular weight excluding hydrogens is 212 g/mol. The number of anilines is 1. The van der Waals surface area contributed by atoms with E-state index in [1.54, 1.807) is 0 Å². The topological polar surface area (TPSA) is 80.9 Å². The molecule has 0 unspecified atom stereocenters. The van der Waals surface area contributed by atoms with Gasteiger partial charge in [-0.15, -0.1) is 10.2 Å². The van der Waals surface area contributed by atoms with Crippen molar-refractivity contribution in [2.24, 2.45) is 5.73 Å². The average molecular weight is 228 g/mol. The van der Waals surface area contributed by atoms with Gasteiger partial charge in [-0.05, 0) is 6.42 Å². The fourth-order valence-electron chi connectivity index (χ4n) is 1.10. The predicted molar refractivity (Wildman–Crippen MR) is 60.8 cm³/mol. The minimum atomic E-state index is -0.230. The number of aromatic nitrogens is 2. The summed E-state index contributed by atoms with van der Waals surface area (Å²) in [6, 6.07) is 0. The SMILES string of the molecule is CCCCCc1nnc(NC(=O)CN)s1. The second kappa shape index (κ2) is 6.47. The number of hydrogen-bond donors (Lipinski definition) is 2. The summed E-state index contributed by atoms with van der Waals surface area (Å²) in [6.07, 6.45) is 4.44. The van der Waals surface area contributed by atoms with E-state index in [-0.39, 0.29) is 12.5 Å². The zero-order chi connectivity index (χ0) is 11.1. The summed E-state index contributed by atoms with van der Waals surface area (Å²) in [5.74, 6) is -0.230. The summed E-state index contributed by atoms with van der Waals surface area (Å²) in [5, 5.41) is 11.9. The average Bonchev–Trinajstić information content (AvgIpc) is 2.66. The fourth-order valence-corrected chi connectivity index (χ4v) is 1.90. The Morgan fingerprint density at radius 2 is 2.27 bits per heavy atom. The number of nitrogens with zero attached hydrogens (tertiary/aromatic N) is 2. The van der Waals surface area contributed by atoms with Gasteiger partial charge in [0, 0.05) is 6.42 Å². The molecule has 0 fully saturated rings. The van der Waals surface area contributed by atoms with Crippen LogP contribution in [0.3, 0.4) is 0 Å². The van der Waals surface area contributed by atoms with E-state index in [2.05, 4.69) is 22.4 Å². The minimum Gasteiger partial charge on any atom is -0.322 e. The van der Waals surface area contributed by atoms with Crippen molar-refractivity contribution in [3.05, 3.63) is 5.01 Å². The minimum absolute atomic E-state index is 0.0231. The van der Waals surface area contributed by atoms with E-state index in [4.69, 9.17) is 5.73 Å². The lowest BCUT2D eigenvalue weighted by molar-refractivity contribution is -0.114. The second-order valence-electron chi connectivity index (χ2n) is 3.21. The van der Waals surface area contributed by atoms with Crippen LogP contribution in [0, 0.1) is 0 Å². The van der Waals surface area contributed by atoms with Gasteiger partial charge in [0.05, 0.1) is 6.54 Å². The molecule has 0 aromatic carbocycles. The molecule has 1 amide bonds. The van der Waals surface area contributed by atoms with Gasteiger partial charge in [-0.1, -0.05) is 31.1 Å². The zero-order valence-corrected chi connectivity index (χ0v) is 9.64. The number of nitrogens with two attached hydrogens (primary N) is 1. The Labute approximate surface area is 93.1 Å². The van der Waals surface area contributed by atoms with Crippen LogP contribution in [-0.2, 0) is 11.2 Å².